The second-order valence-electron chi connectivity index (χ2n) is 3.28. The number of carbonyl (C=O) groups is 1. The van der Waals surface area contributed by atoms with Gasteiger partial charge in [0.15, 0.2) is 0 Å². The van der Waals surface area contributed by atoms with Gasteiger partial charge in [0.2, 0.25) is 5.91 Å². The Kier molecular flexibility index (Phi) is 3.97. The van der Waals surface area contributed by atoms with Crippen molar-refractivity contribution in [2.45, 2.75) is 20.3 Å². The molecule has 0 aliphatic rings. The van der Waals surface area contributed by atoms with Gasteiger partial charge in [-0.1, -0.05) is 6.92 Å². The van der Waals surface area contributed by atoms with Crippen molar-refractivity contribution >= 4 is 17.3 Å². The summed E-state index contributed by atoms with van der Waals surface area (Å²) >= 11 is 0. The molecule has 1 aromatic rings. The number of hydrogen-bond acceptors (Lipinski definition) is 3. The zero-order valence-corrected chi connectivity index (χ0v) is 9.04. The summed E-state index contributed by atoms with van der Waals surface area (Å²) < 4.78 is 5.41. The van der Waals surface area contributed by atoms with Crippen LogP contribution >= 0.6 is 0 Å². The molecule has 0 fully saturated rings. The van der Waals surface area contributed by atoms with E-state index in [2.05, 4.69) is 5.32 Å². The highest BCUT2D eigenvalue weighted by molar-refractivity contribution is 5.89. The van der Waals surface area contributed by atoms with Crippen molar-refractivity contribution in [2.24, 2.45) is 0 Å². The molecule has 0 radical (unpaired) electrons. The first-order valence-electron chi connectivity index (χ1n) is 4.93. The van der Waals surface area contributed by atoms with E-state index >= 15 is 0 Å². The molecule has 3 N–H and O–H groups in total. The van der Waals surface area contributed by atoms with E-state index in [1.165, 1.54) is 6.92 Å². The fraction of sp³-hybridized carbons (Fsp3) is 0.364. The molecule has 15 heavy (non-hydrogen) atoms. The maximum absolute atomic E-state index is 10.8. The number of nitrogen functional groups attached to an aromatic ring is 1. The average molecular weight is 208 g/mol. The number of hydrogen-bond donors (Lipinski definition) is 2. The van der Waals surface area contributed by atoms with Gasteiger partial charge in [-0.3, -0.25) is 4.79 Å². The Balaban J connectivity index is 2.74. The monoisotopic (exact) mass is 208 g/mol. The van der Waals surface area contributed by atoms with E-state index in [1.807, 2.05) is 6.92 Å². The standard InChI is InChI=1S/C11H16N2O2/c1-3-6-15-11-5-4-9(7-10(11)12)13-8(2)14/h4-5,7H,3,6,12H2,1-2H3,(H,13,14). The van der Waals surface area contributed by atoms with Gasteiger partial charge < -0.3 is 15.8 Å². The molecule has 0 atom stereocenters. The third kappa shape index (κ3) is 3.50. The molecular formula is C11H16N2O2. The molecular weight excluding hydrogens is 192 g/mol. The van der Waals surface area contributed by atoms with Crippen molar-refractivity contribution < 1.29 is 9.53 Å². The first-order valence-corrected chi connectivity index (χ1v) is 4.93. The Hall–Kier alpha value is -1.71. The summed E-state index contributed by atoms with van der Waals surface area (Å²) in [6, 6.07) is 5.21. The van der Waals surface area contributed by atoms with Crippen molar-refractivity contribution in [2.75, 3.05) is 17.7 Å². The highest BCUT2D eigenvalue weighted by Crippen LogP contribution is 2.25. The number of anilines is 2. The van der Waals surface area contributed by atoms with E-state index in [9.17, 15) is 4.79 Å². The molecule has 82 valence electrons. The number of benzene rings is 1. The van der Waals surface area contributed by atoms with Crippen molar-refractivity contribution in [1.29, 1.82) is 0 Å². The molecule has 0 aromatic heterocycles. The fourth-order valence-electron chi connectivity index (χ4n) is 1.17. The topological polar surface area (TPSA) is 64.3 Å². The van der Waals surface area contributed by atoms with E-state index in [0.717, 1.165) is 6.42 Å². The Morgan fingerprint density at radius 1 is 1.53 bits per heavy atom. The highest BCUT2D eigenvalue weighted by Gasteiger charge is 2.02. The minimum atomic E-state index is -0.114. The number of nitrogens with one attached hydrogen (secondary N) is 1. The fourth-order valence-corrected chi connectivity index (χ4v) is 1.17. The number of carbonyl (C=O) groups excluding carboxylic acids is 1. The van der Waals surface area contributed by atoms with Gasteiger partial charge in [-0.05, 0) is 24.6 Å². The van der Waals surface area contributed by atoms with Crippen LogP contribution in [0.4, 0.5) is 11.4 Å². The summed E-state index contributed by atoms with van der Waals surface area (Å²) in [6.45, 7) is 4.13. The van der Waals surface area contributed by atoms with Crippen LogP contribution in [0.15, 0.2) is 18.2 Å². The van der Waals surface area contributed by atoms with Crippen molar-refractivity contribution in [3.8, 4) is 5.75 Å². The first kappa shape index (κ1) is 11.4. The molecule has 0 spiro atoms. The van der Waals surface area contributed by atoms with Crippen LogP contribution in [-0.2, 0) is 4.79 Å². The minimum Gasteiger partial charge on any atom is -0.491 e. The number of amides is 1. The van der Waals surface area contributed by atoms with Crippen LogP contribution in [0, 0.1) is 0 Å². The second kappa shape index (κ2) is 5.24. The minimum absolute atomic E-state index is 0.114. The average Bonchev–Trinajstić information content (AvgIpc) is 2.15. The molecule has 0 saturated carbocycles. The molecule has 0 heterocycles. The first-order chi connectivity index (χ1) is 7.13. The summed E-state index contributed by atoms with van der Waals surface area (Å²) in [5, 5.41) is 2.65. The molecule has 0 bridgehead atoms. The third-order valence-electron chi connectivity index (χ3n) is 1.79. The van der Waals surface area contributed by atoms with E-state index < -0.39 is 0 Å². The van der Waals surface area contributed by atoms with E-state index in [0.29, 0.717) is 23.7 Å². The Morgan fingerprint density at radius 2 is 2.27 bits per heavy atom. The van der Waals surface area contributed by atoms with Gasteiger partial charge in [0.05, 0.1) is 12.3 Å². The third-order valence-corrected chi connectivity index (χ3v) is 1.79. The predicted molar refractivity (Wildman–Crippen MR) is 60.9 cm³/mol. The normalized spacial score (nSPS) is 9.73. The summed E-state index contributed by atoms with van der Waals surface area (Å²) in [5.41, 5.74) is 6.98. The molecule has 4 nitrogen and oxygen atoms in total. The van der Waals surface area contributed by atoms with Gasteiger partial charge >= 0.3 is 0 Å². The van der Waals surface area contributed by atoms with Gasteiger partial charge in [-0.25, -0.2) is 0 Å². The van der Waals surface area contributed by atoms with Gasteiger partial charge in [0.1, 0.15) is 5.75 Å². The predicted octanol–water partition coefficient (Wildman–Crippen LogP) is 2.02. The summed E-state index contributed by atoms with van der Waals surface area (Å²) in [5.74, 6) is 0.544. The van der Waals surface area contributed by atoms with Crippen LogP contribution in [0.2, 0.25) is 0 Å². The van der Waals surface area contributed by atoms with Crippen molar-refractivity contribution in [1.82, 2.24) is 0 Å². The lowest BCUT2D eigenvalue weighted by atomic mass is 10.2. The van der Waals surface area contributed by atoms with E-state index in [1.54, 1.807) is 18.2 Å². The van der Waals surface area contributed by atoms with Crippen LogP contribution < -0.4 is 15.8 Å². The zero-order chi connectivity index (χ0) is 11.3. The van der Waals surface area contributed by atoms with Crippen molar-refractivity contribution in [3.63, 3.8) is 0 Å². The van der Waals surface area contributed by atoms with Crippen LogP contribution in [-0.4, -0.2) is 12.5 Å². The highest BCUT2D eigenvalue weighted by atomic mass is 16.5. The number of rotatable bonds is 4. The molecule has 0 aliphatic heterocycles. The van der Waals surface area contributed by atoms with Gasteiger partial charge in [0, 0.05) is 12.6 Å². The quantitative estimate of drug-likeness (QED) is 0.744. The Labute approximate surface area is 89.4 Å². The number of ether oxygens (including phenoxy) is 1. The van der Waals surface area contributed by atoms with Crippen LogP contribution in [0.1, 0.15) is 20.3 Å². The summed E-state index contributed by atoms with van der Waals surface area (Å²) in [6.07, 6.45) is 0.937. The smallest absolute Gasteiger partial charge is 0.221 e. The molecule has 0 saturated heterocycles. The summed E-state index contributed by atoms with van der Waals surface area (Å²) in [4.78, 5) is 10.8. The lowest BCUT2D eigenvalue weighted by Gasteiger charge is -2.09. The second-order valence-corrected chi connectivity index (χ2v) is 3.28. The van der Waals surface area contributed by atoms with Crippen LogP contribution in [0.25, 0.3) is 0 Å². The van der Waals surface area contributed by atoms with Crippen LogP contribution in [0.3, 0.4) is 0 Å². The summed E-state index contributed by atoms with van der Waals surface area (Å²) in [7, 11) is 0. The Bertz CT molecular complexity index is 350. The molecule has 0 aliphatic carbocycles. The lowest BCUT2D eigenvalue weighted by Crippen LogP contribution is -2.06. The lowest BCUT2D eigenvalue weighted by molar-refractivity contribution is -0.114. The van der Waals surface area contributed by atoms with E-state index in [4.69, 9.17) is 10.5 Å². The van der Waals surface area contributed by atoms with Crippen LogP contribution in [0.5, 0.6) is 5.75 Å². The van der Waals surface area contributed by atoms with Gasteiger partial charge in [-0.15, -0.1) is 0 Å². The van der Waals surface area contributed by atoms with E-state index in [-0.39, 0.29) is 5.91 Å². The number of nitrogens with two attached hydrogens (primary N) is 1. The molecule has 0 unspecified atom stereocenters. The molecule has 1 aromatic carbocycles. The maximum Gasteiger partial charge on any atom is 0.221 e. The molecule has 1 amide bonds. The zero-order valence-electron chi connectivity index (χ0n) is 9.04. The van der Waals surface area contributed by atoms with Crippen molar-refractivity contribution in [3.05, 3.63) is 18.2 Å². The van der Waals surface area contributed by atoms with Gasteiger partial charge in [-0.2, -0.15) is 0 Å². The SMILES string of the molecule is CCCOc1ccc(NC(C)=O)cc1N. The molecule has 1 rings (SSSR count). The Morgan fingerprint density at radius 3 is 2.80 bits per heavy atom. The van der Waals surface area contributed by atoms with Gasteiger partial charge in [0.25, 0.3) is 0 Å². The largest absolute Gasteiger partial charge is 0.491 e. The maximum atomic E-state index is 10.8. The molecule has 4 heteroatoms.